The zero-order valence-electron chi connectivity index (χ0n) is 23.4. The van der Waals surface area contributed by atoms with E-state index in [1.54, 1.807) is 6.20 Å². The molecule has 0 radical (unpaired) electrons. The molecule has 0 saturated heterocycles. The van der Waals surface area contributed by atoms with E-state index in [0.717, 1.165) is 73.5 Å². The molecule has 4 aromatic rings. The number of fused-ring (bicyclic) bond motifs is 2. The van der Waals surface area contributed by atoms with Crippen molar-refractivity contribution in [3.63, 3.8) is 0 Å². The first-order chi connectivity index (χ1) is 19.2. The number of aromatic nitrogens is 6. The van der Waals surface area contributed by atoms with Crippen LogP contribution in [-0.2, 0) is 24.9 Å². The zero-order chi connectivity index (χ0) is 27.9. The number of carbonyl (C=O) groups excluding carboxylic acids is 1. The average Bonchev–Trinajstić information content (AvgIpc) is 3.54. The van der Waals surface area contributed by atoms with Crippen molar-refractivity contribution < 1.29 is 9.32 Å². The molecule has 208 valence electrons. The molecular formula is C29H35N9O2. The molecule has 40 heavy (non-hydrogen) atoms. The van der Waals surface area contributed by atoms with Crippen molar-refractivity contribution in [2.45, 2.75) is 71.0 Å². The monoisotopic (exact) mass is 541 g/mol. The first kappa shape index (κ1) is 26.1. The molecule has 0 bridgehead atoms. The van der Waals surface area contributed by atoms with Crippen molar-refractivity contribution >= 4 is 17.5 Å². The highest BCUT2D eigenvalue weighted by molar-refractivity contribution is 5.90. The summed E-state index contributed by atoms with van der Waals surface area (Å²) in [7, 11) is 2.11. The van der Waals surface area contributed by atoms with E-state index < -0.39 is 0 Å². The van der Waals surface area contributed by atoms with Crippen LogP contribution < -0.4 is 10.6 Å². The predicted molar refractivity (Wildman–Crippen MR) is 150 cm³/mol. The van der Waals surface area contributed by atoms with Crippen molar-refractivity contribution in [3.05, 3.63) is 65.2 Å². The van der Waals surface area contributed by atoms with Gasteiger partial charge in [0.15, 0.2) is 0 Å². The Bertz CT molecular complexity index is 1530. The van der Waals surface area contributed by atoms with E-state index in [0.29, 0.717) is 11.8 Å². The number of carbonyl (C=O) groups is 1. The maximum Gasteiger partial charge on any atom is 0.293 e. The molecular weight excluding hydrogens is 506 g/mol. The van der Waals surface area contributed by atoms with Crippen molar-refractivity contribution in [3.8, 4) is 11.3 Å². The normalized spacial score (nSPS) is 17.6. The third-order valence-electron chi connectivity index (χ3n) is 7.54. The van der Waals surface area contributed by atoms with Crippen molar-refractivity contribution in [2.75, 3.05) is 18.9 Å². The first-order valence-corrected chi connectivity index (χ1v) is 13.9. The van der Waals surface area contributed by atoms with Crippen LogP contribution in [0.2, 0.25) is 0 Å². The average molecular weight is 542 g/mol. The lowest BCUT2D eigenvalue weighted by Crippen LogP contribution is -2.30. The van der Waals surface area contributed by atoms with E-state index >= 15 is 0 Å². The summed E-state index contributed by atoms with van der Waals surface area (Å²) in [4.78, 5) is 28.9. The number of hydrogen-bond acceptors (Lipinski definition) is 9. The number of anilines is 2. The summed E-state index contributed by atoms with van der Waals surface area (Å²) in [5, 5.41) is 14.9. The summed E-state index contributed by atoms with van der Waals surface area (Å²) in [5.41, 5.74) is 5.94. The second kappa shape index (κ2) is 10.5. The summed E-state index contributed by atoms with van der Waals surface area (Å²) >= 11 is 0. The molecule has 1 amide bonds. The lowest BCUT2D eigenvalue weighted by Gasteiger charge is -2.24. The summed E-state index contributed by atoms with van der Waals surface area (Å²) in [6, 6.07) is 8.17. The third kappa shape index (κ3) is 5.33. The van der Waals surface area contributed by atoms with Crippen LogP contribution in [-0.4, -0.2) is 54.3 Å². The molecule has 0 spiro atoms. The molecule has 0 saturated carbocycles. The Kier molecular flexibility index (Phi) is 6.83. The van der Waals surface area contributed by atoms with Gasteiger partial charge in [0.1, 0.15) is 0 Å². The largest absolute Gasteiger partial charge is 0.342 e. The van der Waals surface area contributed by atoms with Gasteiger partial charge in [-0.2, -0.15) is 10.1 Å². The number of likely N-dealkylation sites (N-methyl/N-ethyl adjacent to an activating group) is 1. The number of amides is 1. The molecule has 1 atom stereocenters. The minimum Gasteiger partial charge on any atom is -0.342 e. The molecule has 1 aliphatic carbocycles. The lowest BCUT2D eigenvalue weighted by molar-refractivity contribution is 0.0921. The fourth-order valence-corrected chi connectivity index (χ4v) is 5.31. The van der Waals surface area contributed by atoms with Crippen LogP contribution >= 0.6 is 0 Å². The van der Waals surface area contributed by atoms with E-state index in [1.165, 1.54) is 5.56 Å². The number of nitrogens with zero attached hydrogens (tertiary/aromatic N) is 7. The number of rotatable bonds is 5. The van der Waals surface area contributed by atoms with Gasteiger partial charge in [-0.1, -0.05) is 44.5 Å². The van der Waals surface area contributed by atoms with Gasteiger partial charge in [0.25, 0.3) is 11.7 Å². The molecule has 2 N–H and O–H groups in total. The molecule has 6 rings (SSSR count). The molecule has 1 aliphatic heterocycles. The molecule has 4 heterocycles. The van der Waals surface area contributed by atoms with Crippen molar-refractivity contribution in [1.82, 2.24) is 40.1 Å². The minimum absolute atomic E-state index is 0.0692. The molecule has 0 unspecified atom stereocenters. The van der Waals surface area contributed by atoms with Crippen LogP contribution in [0.5, 0.6) is 0 Å². The fourth-order valence-electron chi connectivity index (χ4n) is 5.31. The van der Waals surface area contributed by atoms with E-state index in [9.17, 15) is 4.79 Å². The number of aryl methyl sites for hydroxylation is 1. The minimum atomic E-state index is -0.318. The highest BCUT2D eigenvalue weighted by Gasteiger charge is 2.27. The molecule has 1 aromatic carbocycles. The highest BCUT2D eigenvalue weighted by atomic mass is 16.5. The molecule has 3 aromatic heterocycles. The van der Waals surface area contributed by atoms with Crippen LogP contribution in [0.15, 0.2) is 41.2 Å². The van der Waals surface area contributed by atoms with Gasteiger partial charge in [-0.05, 0) is 49.6 Å². The van der Waals surface area contributed by atoms with Crippen molar-refractivity contribution in [1.29, 1.82) is 0 Å². The van der Waals surface area contributed by atoms with Gasteiger partial charge < -0.3 is 15.2 Å². The first-order valence-electron chi connectivity index (χ1n) is 13.9. The van der Waals surface area contributed by atoms with Gasteiger partial charge >= 0.3 is 0 Å². The summed E-state index contributed by atoms with van der Waals surface area (Å²) in [5.74, 6) is 0.736. The van der Waals surface area contributed by atoms with E-state index in [1.807, 2.05) is 37.7 Å². The molecule has 0 fully saturated rings. The van der Waals surface area contributed by atoms with Crippen LogP contribution in [0.25, 0.3) is 11.3 Å². The van der Waals surface area contributed by atoms with Gasteiger partial charge in [0, 0.05) is 30.3 Å². The van der Waals surface area contributed by atoms with Gasteiger partial charge in [-0.15, -0.1) is 0 Å². The Hall–Kier alpha value is -4.12. The number of nitrogens with one attached hydrogen (secondary N) is 2. The topological polar surface area (TPSA) is 127 Å². The van der Waals surface area contributed by atoms with Crippen molar-refractivity contribution in [2.24, 2.45) is 0 Å². The molecule has 2 aliphatic rings. The van der Waals surface area contributed by atoms with Crippen LogP contribution in [0, 0.1) is 0 Å². The standard InChI is InChI=1S/C29H35N9O2/c1-29(2,3)27-35-25(36-40-27)26(39)32-22-8-6-5-7-18-15-19(9-10-20(18)22)21-11-12-30-28(33-21)34-23-16-31-38-14-13-37(4)17-24(23)38/h9-12,15-16,22H,5-8,13-14,17H2,1-4H3,(H,32,39)(H,30,33,34)/t22-/m0/s1. The highest BCUT2D eigenvalue weighted by Crippen LogP contribution is 2.32. The molecule has 11 heteroatoms. The van der Waals surface area contributed by atoms with E-state index in [-0.39, 0.29) is 23.2 Å². The van der Waals surface area contributed by atoms with Crippen LogP contribution in [0.4, 0.5) is 11.6 Å². The van der Waals surface area contributed by atoms with Gasteiger partial charge in [-0.3, -0.25) is 14.4 Å². The molecule has 11 nitrogen and oxygen atoms in total. The maximum absolute atomic E-state index is 13.0. The smallest absolute Gasteiger partial charge is 0.293 e. The summed E-state index contributed by atoms with van der Waals surface area (Å²) in [6.07, 6.45) is 7.49. The Labute approximate surface area is 233 Å². The quantitative estimate of drug-likeness (QED) is 0.353. The fraction of sp³-hybridized carbons (Fsp3) is 0.448. The van der Waals surface area contributed by atoms with Crippen LogP contribution in [0.1, 0.15) is 79.4 Å². The Morgan fingerprint density at radius 1 is 1.12 bits per heavy atom. The lowest BCUT2D eigenvalue weighted by atomic mass is 9.95. The van der Waals surface area contributed by atoms with E-state index in [2.05, 4.69) is 61.0 Å². The van der Waals surface area contributed by atoms with Crippen LogP contribution in [0.3, 0.4) is 0 Å². The Morgan fingerprint density at radius 2 is 2.00 bits per heavy atom. The van der Waals surface area contributed by atoms with Gasteiger partial charge in [-0.25, -0.2) is 9.97 Å². The number of hydrogen-bond donors (Lipinski definition) is 2. The Balaban J connectivity index is 1.21. The van der Waals surface area contributed by atoms with Gasteiger partial charge in [0.05, 0.1) is 35.9 Å². The van der Waals surface area contributed by atoms with Gasteiger partial charge in [0.2, 0.25) is 11.8 Å². The number of benzene rings is 1. The zero-order valence-corrected chi connectivity index (χ0v) is 23.4. The SMILES string of the molecule is CN1CCn2ncc(Nc3nccc(-c4ccc5c(c4)CCCC[C@@H]5NC(=O)c4noc(C(C)(C)C)n4)n3)c2C1. The maximum atomic E-state index is 13.0. The second-order valence-corrected chi connectivity index (χ2v) is 11.7. The predicted octanol–water partition coefficient (Wildman–Crippen LogP) is 4.41. The Morgan fingerprint density at radius 3 is 2.83 bits per heavy atom. The summed E-state index contributed by atoms with van der Waals surface area (Å²) in [6.45, 7) is 8.61. The van der Waals surface area contributed by atoms with E-state index in [4.69, 9.17) is 9.51 Å². The second-order valence-electron chi connectivity index (χ2n) is 11.7. The third-order valence-corrected chi connectivity index (χ3v) is 7.54. The summed E-state index contributed by atoms with van der Waals surface area (Å²) < 4.78 is 7.36.